The fourth-order valence-electron chi connectivity index (χ4n) is 1.38. The van der Waals surface area contributed by atoms with Crippen LogP contribution in [0.25, 0.3) is 0 Å². The predicted octanol–water partition coefficient (Wildman–Crippen LogP) is 3.15. The maximum atomic E-state index is 11.5. The molecule has 0 saturated carbocycles. The lowest BCUT2D eigenvalue weighted by Crippen LogP contribution is -2.00. The third-order valence-electron chi connectivity index (χ3n) is 2.33. The number of hydrogen-bond donors (Lipinski definition) is 0. The van der Waals surface area contributed by atoms with E-state index in [1.807, 2.05) is 26.0 Å². The van der Waals surface area contributed by atoms with Crippen molar-refractivity contribution in [1.29, 1.82) is 0 Å². The Balaban J connectivity index is 3.11. The van der Waals surface area contributed by atoms with Crippen LogP contribution in [0.4, 0.5) is 0 Å². The Morgan fingerprint density at radius 1 is 1.31 bits per heavy atom. The minimum absolute atomic E-state index is 0.243. The van der Waals surface area contributed by atoms with Gasteiger partial charge in [0, 0.05) is 12.0 Å². The molecular weight excluding hydrogens is 160 g/mol. The Hall–Kier alpha value is -1.11. The number of Topliss-reactive ketones (excluding diaryl/α,β-unsaturated/α-hetero) is 1. The second-order valence-corrected chi connectivity index (χ2v) is 3.28. The van der Waals surface area contributed by atoms with Gasteiger partial charge in [0.2, 0.25) is 0 Å². The van der Waals surface area contributed by atoms with Gasteiger partial charge in [-0.05, 0) is 30.5 Å². The van der Waals surface area contributed by atoms with Crippen molar-refractivity contribution in [3.63, 3.8) is 0 Å². The van der Waals surface area contributed by atoms with Gasteiger partial charge in [-0.15, -0.1) is 0 Å². The summed E-state index contributed by atoms with van der Waals surface area (Å²) >= 11 is 0. The first-order valence-electron chi connectivity index (χ1n) is 4.81. The molecule has 0 unspecified atom stereocenters. The third-order valence-corrected chi connectivity index (χ3v) is 2.33. The van der Waals surface area contributed by atoms with E-state index >= 15 is 0 Å². The first-order chi connectivity index (χ1) is 6.19. The Labute approximate surface area is 79.8 Å². The Morgan fingerprint density at radius 3 is 2.54 bits per heavy atom. The van der Waals surface area contributed by atoms with E-state index in [4.69, 9.17) is 0 Å². The summed E-state index contributed by atoms with van der Waals surface area (Å²) in [5.41, 5.74) is 3.22. The van der Waals surface area contributed by atoms with Crippen LogP contribution < -0.4 is 0 Å². The average molecular weight is 176 g/mol. The van der Waals surface area contributed by atoms with Crippen LogP contribution in [-0.2, 0) is 6.42 Å². The first kappa shape index (κ1) is 9.97. The number of hydrogen-bond acceptors (Lipinski definition) is 1. The molecule has 0 saturated heterocycles. The van der Waals surface area contributed by atoms with Gasteiger partial charge in [-0.1, -0.05) is 26.0 Å². The lowest BCUT2D eigenvalue weighted by Gasteiger charge is -2.05. The number of rotatable bonds is 3. The molecule has 0 aliphatic heterocycles. The van der Waals surface area contributed by atoms with Crippen molar-refractivity contribution < 1.29 is 4.79 Å². The number of ketones is 1. The van der Waals surface area contributed by atoms with Crippen molar-refractivity contribution in [2.24, 2.45) is 0 Å². The quantitative estimate of drug-likeness (QED) is 0.646. The number of carbonyl (C=O) groups excluding carboxylic acids is 1. The summed E-state index contributed by atoms with van der Waals surface area (Å²) in [6.07, 6.45) is 1.58. The molecule has 1 heteroatoms. The van der Waals surface area contributed by atoms with Gasteiger partial charge in [0.1, 0.15) is 0 Å². The van der Waals surface area contributed by atoms with Gasteiger partial charge < -0.3 is 0 Å². The van der Waals surface area contributed by atoms with Gasteiger partial charge in [0.05, 0.1) is 0 Å². The van der Waals surface area contributed by atoms with Crippen molar-refractivity contribution in [3.8, 4) is 0 Å². The van der Waals surface area contributed by atoms with Crippen LogP contribution >= 0.6 is 0 Å². The molecule has 0 fully saturated rings. The van der Waals surface area contributed by atoms with Crippen molar-refractivity contribution in [2.45, 2.75) is 33.6 Å². The van der Waals surface area contributed by atoms with E-state index in [0.717, 1.165) is 17.5 Å². The van der Waals surface area contributed by atoms with Crippen LogP contribution in [0.2, 0.25) is 0 Å². The second-order valence-electron chi connectivity index (χ2n) is 3.28. The highest BCUT2D eigenvalue weighted by Crippen LogP contribution is 2.13. The summed E-state index contributed by atoms with van der Waals surface area (Å²) in [7, 11) is 0. The highest BCUT2D eigenvalue weighted by atomic mass is 16.1. The molecule has 0 aromatic heterocycles. The molecule has 1 rings (SSSR count). The van der Waals surface area contributed by atoms with Crippen LogP contribution in [0.3, 0.4) is 0 Å². The summed E-state index contributed by atoms with van der Waals surface area (Å²) in [5, 5.41) is 0. The van der Waals surface area contributed by atoms with Gasteiger partial charge in [0.25, 0.3) is 0 Å². The fourth-order valence-corrected chi connectivity index (χ4v) is 1.38. The molecule has 70 valence electrons. The smallest absolute Gasteiger partial charge is 0.162 e. The standard InChI is InChI=1S/C12H16O/c1-4-10-7-6-9(3)11(8-10)12(13)5-2/h6-8H,4-5H2,1-3H3. The lowest BCUT2D eigenvalue weighted by atomic mass is 9.99. The fraction of sp³-hybridized carbons (Fsp3) is 0.417. The highest BCUT2D eigenvalue weighted by molar-refractivity contribution is 5.97. The molecule has 0 spiro atoms. The molecule has 0 atom stereocenters. The van der Waals surface area contributed by atoms with Crippen LogP contribution in [0, 0.1) is 6.92 Å². The largest absolute Gasteiger partial charge is 0.294 e. The molecule has 0 aliphatic rings. The predicted molar refractivity (Wildman–Crippen MR) is 55.2 cm³/mol. The van der Waals surface area contributed by atoms with Crippen molar-refractivity contribution in [2.75, 3.05) is 0 Å². The van der Waals surface area contributed by atoms with Gasteiger partial charge >= 0.3 is 0 Å². The van der Waals surface area contributed by atoms with Crippen molar-refractivity contribution in [1.82, 2.24) is 0 Å². The zero-order valence-electron chi connectivity index (χ0n) is 8.55. The zero-order valence-corrected chi connectivity index (χ0v) is 8.55. The molecular formula is C12H16O. The van der Waals surface area contributed by atoms with Gasteiger partial charge in [0.15, 0.2) is 5.78 Å². The number of aryl methyl sites for hydroxylation is 2. The summed E-state index contributed by atoms with van der Waals surface area (Å²) in [4.78, 5) is 11.5. The highest BCUT2D eigenvalue weighted by Gasteiger charge is 2.06. The maximum absolute atomic E-state index is 11.5. The SMILES string of the molecule is CCC(=O)c1cc(CC)ccc1C. The van der Waals surface area contributed by atoms with E-state index in [-0.39, 0.29) is 5.78 Å². The Bertz CT molecular complexity index is 313. The average Bonchev–Trinajstić information content (AvgIpc) is 2.17. The summed E-state index contributed by atoms with van der Waals surface area (Å²) in [6.45, 7) is 5.99. The monoisotopic (exact) mass is 176 g/mol. The van der Waals surface area contributed by atoms with E-state index in [9.17, 15) is 4.79 Å². The normalized spacial score (nSPS) is 10.1. The first-order valence-corrected chi connectivity index (χ1v) is 4.81. The number of benzene rings is 1. The molecule has 0 aliphatic carbocycles. The molecule has 0 heterocycles. The van der Waals surface area contributed by atoms with Gasteiger partial charge in [-0.3, -0.25) is 4.79 Å². The summed E-state index contributed by atoms with van der Waals surface area (Å²) < 4.78 is 0. The molecule has 0 radical (unpaired) electrons. The van der Waals surface area contributed by atoms with Crippen molar-refractivity contribution in [3.05, 3.63) is 34.9 Å². The topological polar surface area (TPSA) is 17.1 Å². The second kappa shape index (κ2) is 4.22. The lowest BCUT2D eigenvalue weighted by molar-refractivity contribution is 0.0987. The number of carbonyl (C=O) groups is 1. The molecule has 0 amide bonds. The van der Waals surface area contributed by atoms with E-state index in [2.05, 4.69) is 13.0 Å². The van der Waals surface area contributed by atoms with Gasteiger partial charge in [-0.2, -0.15) is 0 Å². The Morgan fingerprint density at radius 2 is 2.00 bits per heavy atom. The maximum Gasteiger partial charge on any atom is 0.162 e. The third kappa shape index (κ3) is 2.18. The zero-order chi connectivity index (χ0) is 9.84. The Kier molecular flexibility index (Phi) is 3.24. The van der Waals surface area contributed by atoms with Crippen LogP contribution in [0.15, 0.2) is 18.2 Å². The van der Waals surface area contributed by atoms with Crippen LogP contribution in [-0.4, -0.2) is 5.78 Å². The molecule has 1 nitrogen and oxygen atoms in total. The molecule has 0 bridgehead atoms. The van der Waals surface area contributed by atoms with E-state index in [0.29, 0.717) is 6.42 Å². The summed E-state index contributed by atoms with van der Waals surface area (Å²) in [5.74, 6) is 0.243. The van der Waals surface area contributed by atoms with Crippen molar-refractivity contribution >= 4 is 5.78 Å². The molecule has 1 aromatic carbocycles. The van der Waals surface area contributed by atoms with E-state index in [1.54, 1.807) is 0 Å². The van der Waals surface area contributed by atoms with Crippen LogP contribution in [0.1, 0.15) is 41.8 Å². The van der Waals surface area contributed by atoms with Crippen LogP contribution in [0.5, 0.6) is 0 Å². The minimum Gasteiger partial charge on any atom is -0.294 e. The van der Waals surface area contributed by atoms with Gasteiger partial charge in [-0.25, -0.2) is 0 Å². The van der Waals surface area contributed by atoms with E-state index < -0.39 is 0 Å². The summed E-state index contributed by atoms with van der Waals surface area (Å²) in [6, 6.07) is 6.13. The van der Waals surface area contributed by atoms with E-state index in [1.165, 1.54) is 5.56 Å². The minimum atomic E-state index is 0.243. The molecule has 0 N–H and O–H groups in total. The molecule has 1 aromatic rings. The molecule has 13 heavy (non-hydrogen) atoms.